The van der Waals surface area contributed by atoms with Gasteiger partial charge in [0.1, 0.15) is 0 Å². The number of fused-ring (bicyclic) bond motifs is 2. The van der Waals surface area contributed by atoms with E-state index in [2.05, 4.69) is 52.7 Å². The van der Waals surface area contributed by atoms with Gasteiger partial charge in [-0.2, -0.15) is 0 Å². The summed E-state index contributed by atoms with van der Waals surface area (Å²) in [6, 6.07) is 15.9. The van der Waals surface area contributed by atoms with E-state index in [0.717, 1.165) is 37.6 Å². The predicted molar refractivity (Wildman–Crippen MR) is 94.9 cm³/mol. The number of nitrogens with one attached hydrogen (secondary N) is 1. The lowest BCUT2D eigenvalue weighted by atomic mass is 9.83. The maximum Gasteiger partial charge on any atom is 0.161 e. The molecule has 1 N–H and O–H groups in total. The number of ether oxygens (including phenoxy) is 2. The van der Waals surface area contributed by atoms with Crippen molar-refractivity contribution in [2.24, 2.45) is 0 Å². The molecule has 1 fully saturated rings. The molecule has 0 spiro atoms. The van der Waals surface area contributed by atoms with Crippen molar-refractivity contribution in [2.75, 3.05) is 33.9 Å². The second-order valence-corrected chi connectivity index (χ2v) is 6.52. The number of piperazine rings is 1. The first-order chi connectivity index (χ1) is 11.8. The van der Waals surface area contributed by atoms with E-state index in [0.29, 0.717) is 6.04 Å². The van der Waals surface area contributed by atoms with Crippen LogP contribution < -0.4 is 14.8 Å². The maximum absolute atomic E-state index is 5.57. The topological polar surface area (TPSA) is 33.7 Å². The van der Waals surface area contributed by atoms with Gasteiger partial charge in [0.25, 0.3) is 0 Å². The molecule has 4 nitrogen and oxygen atoms in total. The molecule has 0 saturated carbocycles. The zero-order valence-electron chi connectivity index (χ0n) is 14.3. The Bertz CT molecular complexity index is 717. The van der Waals surface area contributed by atoms with Crippen molar-refractivity contribution in [3.8, 4) is 11.5 Å². The van der Waals surface area contributed by atoms with E-state index in [1.807, 2.05) is 0 Å². The molecule has 2 aliphatic rings. The van der Waals surface area contributed by atoms with Crippen LogP contribution in [0.5, 0.6) is 11.5 Å². The molecule has 2 aliphatic heterocycles. The summed E-state index contributed by atoms with van der Waals surface area (Å²) in [6.45, 7) is 3.15. The van der Waals surface area contributed by atoms with Crippen LogP contribution in [0.3, 0.4) is 0 Å². The first-order valence-electron chi connectivity index (χ1n) is 8.58. The van der Waals surface area contributed by atoms with Crippen LogP contribution in [0.15, 0.2) is 42.5 Å². The molecular formula is C20H24N2O2. The summed E-state index contributed by atoms with van der Waals surface area (Å²) < 4.78 is 11.1. The summed E-state index contributed by atoms with van der Waals surface area (Å²) >= 11 is 0. The monoisotopic (exact) mass is 324 g/mol. The van der Waals surface area contributed by atoms with Gasteiger partial charge in [-0.3, -0.25) is 4.90 Å². The van der Waals surface area contributed by atoms with Gasteiger partial charge in [0.2, 0.25) is 0 Å². The van der Waals surface area contributed by atoms with Crippen LogP contribution in [0.25, 0.3) is 0 Å². The lowest BCUT2D eigenvalue weighted by molar-refractivity contribution is 0.111. The quantitative estimate of drug-likeness (QED) is 0.941. The summed E-state index contributed by atoms with van der Waals surface area (Å²) in [6.07, 6.45) is 1.05. The minimum atomic E-state index is 0.279. The molecule has 2 heterocycles. The molecule has 2 aromatic carbocycles. The first-order valence-corrected chi connectivity index (χ1v) is 8.58. The highest BCUT2D eigenvalue weighted by atomic mass is 16.5. The SMILES string of the molecule is COc1cc2c(cc1OC)[C@H](c1ccccc1)N1CCNC[C@@H]1C2. The van der Waals surface area contributed by atoms with Crippen LogP contribution in [0.1, 0.15) is 22.7 Å². The predicted octanol–water partition coefficient (Wildman–Crippen LogP) is 2.62. The highest BCUT2D eigenvalue weighted by Gasteiger charge is 2.37. The number of hydrogen-bond acceptors (Lipinski definition) is 4. The van der Waals surface area contributed by atoms with E-state index in [1.54, 1.807) is 14.2 Å². The van der Waals surface area contributed by atoms with Crippen LogP contribution in [-0.4, -0.2) is 44.8 Å². The van der Waals surface area contributed by atoms with Crippen LogP contribution in [0, 0.1) is 0 Å². The molecule has 2 aromatic rings. The molecule has 24 heavy (non-hydrogen) atoms. The largest absolute Gasteiger partial charge is 0.493 e. The van der Waals surface area contributed by atoms with Crippen molar-refractivity contribution < 1.29 is 9.47 Å². The summed E-state index contributed by atoms with van der Waals surface area (Å²) in [5, 5.41) is 3.54. The Balaban J connectivity index is 1.87. The second kappa shape index (κ2) is 6.46. The maximum atomic E-state index is 5.57. The number of rotatable bonds is 3. The van der Waals surface area contributed by atoms with Gasteiger partial charge in [0.05, 0.1) is 20.3 Å². The van der Waals surface area contributed by atoms with Gasteiger partial charge in [-0.05, 0) is 35.2 Å². The van der Waals surface area contributed by atoms with Crippen molar-refractivity contribution in [3.05, 3.63) is 59.2 Å². The van der Waals surface area contributed by atoms with Gasteiger partial charge in [0, 0.05) is 25.7 Å². The van der Waals surface area contributed by atoms with Crippen molar-refractivity contribution in [2.45, 2.75) is 18.5 Å². The summed E-state index contributed by atoms with van der Waals surface area (Å²) in [5.74, 6) is 1.63. The summed E-state index contributed by atoms with van der Waals surface area (Å²) in [5.41, 5.74) is 4.06. The van der Waals surface area contributed by atoms with E-state index >= 15 is 0 Å². The van der Waals surface area contributed by atoms with E-state index in [1.165, 1.54) is 16.7 Å². The first kappa shape index (κ1) is 15.5. The Labute approximate surface area is 143 Å². The highest BCUT2D eigenvalue weighted by Crippen LogP contribution is 2.42. The fraction of sp³-hybridized carbons (Fsp3) is 0.400. The number of benzene rings is 2. The van der Waals surface area contributed by atoms with E-state index in [9.17, 15) is 0 Å². The number of hydrogen-bond donors (Lipinski definition) is 1. The average molecular weight is 324 g/mol. The molecule has 0 bridgehead atoms. The van der Waals surface area contributed by atoms with Crippen LogP contribution >= 0.6 is 0 Å². The molecule has 4 heteroatoms. The third-order valence-corrected chi connectivity index (χ3v) is 5.24. The van der Waals surface area contributed by atoms with E-state index < -0.39 is 0 Å². The average Bonchev–Trinajstić information content (AvgIpc) is 2.65. The van der Waals surface area contributed by atoms with Crippen molar-refractivity contribution in [1.82, 2.24) is 10.2 Å². The van der Waals surface area contributed by atoms with E-state index in [4.69, 9.17) is 9.47 Å². The van der Waals surface area contributed by atoms with Crippen LogP contribution in [0.4, 0.5) is 0 Å². The minimum Gasteiger partial charge on any atom is -0.493 e. The van der Waals surface area contributed by atoms with Gasteiger partial charge in [-0.15, -0.1) is 0 Å². The van der Waals surface area contributed by atoms with Gasteiger partial charge < -0.3 is 14.8 Å². The fourth-order valence-electron chi connectivity index (χ4n) is 4.11. The Morgan fingerprint density at radius 2 is 1.79 bits per heavy atom. The number of nitrogens with zero attached hydrogens (tertiary/aromatic N) is 1. The van der Waals surface area contributed by atoms with Crippen LogP contribution in [0.2, 0.25) is 0 Å². The molecule has 1 saturated heterocycles. The normalized spacial score (nSPS) is 23.2. The fourth-order valence-corrected chi connectivity index (χ4v) is 4.11. The molecule has 0 aromatic heterocycles. The Hall–Kier alpha value is -2.04. The van der Waals surface area contributed by atoms with Gasteiger partial charge in [0.15, 0.2) is 11.5 Å². The molecule has 0 amide bonds. The zero-order valence-corrected chi connectivity index (χ0v) is 14.3. The van der Waals surface area contributed by atoms with E-state index in [-0.39, 0.29) is 6.04 Å². The molecule has 4 rings (SSSR count). The van der Waals surface area contributed by atoms with Gasteiger partial charge in [-0.1, -0.05) is 30.3 Å². The van der Waals surface area contributed by atoms with Gasteiger partial charge >= 0.3 is 0 Å². The summed E-state index contributed by atoms with van der Waals surface area (Å²) in [7, 11) is 3.41. The molecule has 126 valence electrons. The smallest absolute Gasteiger partial charge is 0.161 e. The molecule has 0 aliphatic carbocycles. The Morgan fingerprint density at radius 3 is 2.54 bits per heavy atom. The highest BCUT2D eigenvalue weighted by molar-refractivity contribution is 5.52. The van der Waals surface area contributed by atoms with Gasteiger partial charge in [-0.25, -0.2) is 0 Å². The third kappa shape index (κ3) is 2.56. The standard InChI is InChI=1S/C20H24N2O2/c1-23-18-11-15-10-16-13-21-8-9-22(16)20(14-6-4-3-5-7-14)17(15)12-19(18)24-2/h3-7,11-12,16,20-21H,8-10,13H2,1-2H3/t16-,20-/m0/s1. The zero-order chi connectivity index (χ0) is 16.5. The number of methoxy groups -OCH3 is 2. The second-order valence-electron chi connectivity index (χ2n) is 6.52. The van der Waals surface area contributed by atoms with Crippen molar-refractivity contribution in [1.29, 1.82) is 0 Å². The molecular weight excluding hydrogens is 300 g/mol. The van der Waals surface area contributed by atoms with Crippen LogP contribution in [-0.2, 0) is 6.42 Å². The molecule has 2 atom stereocenters. The summed E-state index contributed by atoms with van der Waals surface area (Å²) in [4.78, 5) is 2.64. The lowest BCUT2D eigenvalue weighted by Crippen LogP contribution is -2.55. The molecule has 0 unspecified atom stereocenters. The van der Waals surface area contributed by atoms with Crippen molar-refractivity contribution in [3.63, 3.8) is 0 Å². The third-order valence-electron chi connectivity index (χ3n) is 5.24. The minimum absolute atomic E-state index is 0.279. The Morgan fingerprint density at radius 1 is 1.04 bits per heavy atom. The lowest BCUT2D eigenvalue weighted by Gasteiger charge is -2.46. The molecule has 0 radical (unpaired) electrons. The Kier molecular flexibility index (Phi) is 4.17. The van der Waals surface area contributed by atoms with Crippen molar-refractivity contribution >= 4 is 0 Å².